The molecule has 0 N–H and O–H groups in total. The fraction of sp³-hybridized carbons (Fsp3) is 0.263. The number of benzene rings is 1. The van der Waals surface area contributed by atoms with Crippen LogP contribution in [0.4, 0.5) is 0 Å². The number of nitrogens with zero attached hydrogens (tertiary/aromatic N) is 4. The van der Waals surface area contributed by atoms with Crippen molar-refractivity contribution in [2.45, 2.75) is 25.9 Å². The average Bonchev–Trinajstić information content (AvgIpc) is 2.67. The normalized spacial score (nSPS) is 12.1. The van der Waals surface area contributed by atoms with E-state index in [0.717, 1.165) is 10.0 Å². The van der Waals surface area contributed by atoms with E-state index in [4.69, 9.17) is 0 Å². The molecule has 3 aromatic rings. The molecule has 1 aromatic carbocycles. The van der Waals surface area contributed by atoms with Crippen molar-refractivity contribution in [2.75, 3.05) is 7.05 Å². The monoisotopic (exact) mass is 414 g/mol. The molecular formula is C19H19BrN4O2. The standard InChI is InChI=1S/C19H19BrN4O2/c1-13(14-4-3-8-21-11-14)23(2)18(25)7-9-24-12-22-17-6-5-15(20)10-16(17)19(24)26/h3-6,8,10-13H,7,9H2,1-2H3. The molecule has 0 aliphatic carbocycles. The van der Waals surface area contributed by atoms with Crippen LogP contribution in [0, 0.1) is 0 Å². The number of fused-ring (bicyclic) bond motifs is 1. The summed E-state index contributed by atoms with van der Waals surface area (Å²) in [7, 11) is 1.76. The third kappa shape index (κ3) is 3.83. The molecule has 1 atom stereocenters. The minimum absolute atomic E-state index is 0.0393. The van der Waals surface area contributed by atoms with Gasteiger partial charge in [0.25, 0.3) is 5.56 Å². The minimum atomic E-state index is -0.146. The van der Waals surface area contributed by atoms with Gasteiger partial charge in [0.15, 0.2) is 0 Å². The lowest BCUT2D eigenvalue weighted by molar-refractivity contribution is -0.132. The summed E-state index contributed by atoms with van der Waals surface area (Å²) in [5, 5.41) is 0.534. The highest BCUT2D eigenvalue weighted by Crippen LogP contribution is 2.18. The van der Waals surface area contributed by atoms with Crippen molar-refractivity contribution in [3.8, 4) is 0 Å². The van der Waals surface area contributed by atoms with Crippen LogP contribution in [0.2, 0.25) is 0 Å². The van der Waals surface area contributed by atoms with Crippen LogP contribution in [0.1, 0.15) is 24.9 Å². The summed E-state index contributed by atoms with van der Waals surface area (Å²) in [4.78, 5) is 35.2. The van der Waals surface area contributed by atoms with Crippen LogP contribution >= 0.6 is 15.9 Å². The maximum Gasteiger partial charge on any atom is 0.261 e. The van der Waals surface area contributed by atoms with Crippen LogP contribution in [0.3, 0.4) is 0 Å². The number of hydrogen-bond donors (Lipinski definition) is 0. The molecule has 0 bridgehead atoms. The molecule has 0 radical (unpaired) electrons. The predicted molar refractivity (Wildman–Crippen MR) is 104 cm³/mol. The molecule has 3 rings (SSSR count). The van der Waals surface area contributed by atoms with Crippen molar-refractivity contribution in [3.63, 3.8) is 0 Å². The highest BCUT2D eigenvalue weighted by Gasteiger charge is 2.17. The zero-order valence-electron chi connectivity index (χ0n) is 14.6. The number of amides is 1. The second-order valence-electron chi connectivity index (χ2n) is 6.12. The van der Waals surface area contributed by atoms with E-state index in [1.807, 2.05) is 25.1 Å². The fourth-order valence-corrected chi connectivity index (χ4v) is 3.11. The van der Waals surface area contributed by atoms with Crippen molar-refractivity contribution in [2.24, 2.45) is 0 Å². The summed E-state index contributed by atoms with van der Waals surface area (Å²) in [6.45, 7) is 2.24. The molecule has 134 valence electrons. The van der Waals surface area contributed by atoms with E-state index in [1.165, 1.54) is 10.9 Å². The molecule has 0 fully saturated rings. The van der Waals surface area contributed by atoms with Crippen LogP contribution in [0.5, 0.6) is 0 Å². The first-order valence-corrected chi connectivity index (χ1v) is 9.07. The molecule has 0 aliphatic rings. The molecule has 0 saturated carbocycles. The third-order valence-electron chi connectivity index (χ3n) is 4.49. The van der Waals surface area contributed by atoms with Crippen molar-refractivity contribution in [1.82, 2.24) is 19.4 Å². The van der Waals surface area contributed by atoms with Gasteiger partial charge in [-0.05, 0) is 36.8 Å². The number of aryl methyl sites for hydroxylation is 1. The first-order chi connectivity index (χ1) is 12.5. The van der Waals surface area contributed by atoms with E-state index in [0.29, 0.717) is 10.9 Å². The van der Waals surface area contributed by atoms with Gasteiger partial charge in [-0.1, -0.05) is 22.0 Å². The van der Waals surface area contributed by atoms with Gasteiger partial charge in [-0.15, -0.1) is 0 Å². The van der Waals surface area contributed by atoms with Gasteiger partial charge in [0, 0.05) is 36.9 Å². The molecule has 7 heteroatoms. The molecule has 6 nitrogen and oxygen atoms in total. The Morgan fingerprint density at radius 1 is 1.35 bits per heavy atom. The van der Waals surface area contributed by atoms with Gasteiger partial charge in [-0.25, -0.2) is 4.98 Å². The number of aromatic nitrogens is 3. The first-order valence-electron chi connectivity index (χ1n) is 8.27. The molecule has 0 saturated heterocycles. The van der Waals surface area contributed by atoms with Crippen LogP contribution in [0.15, 0.2) is 58.3 Å². The summed E-state index contributed by atoms with van der Waals surface area (Å²) in [5.74, 6) is -0.0393. The molecule has 0 aliphatic heterocycles. The topological polar surface area (TPSA) is 68.1 Å². The van der Waals surface area contributed by atoms with E-state index < -0.39 is 0 Å². The summed E-state index contributed by atoms with van der Waals surface area (Å²) in [6.07, 6.45) is 5.18. The number of halogens is 1. The van der Waals surface area contributed by atoms with Gasteiger partial charge in [0.05, 0.1) is 23.3 Å². The van der Waals surface area contributed by atoms with Crippen molar-refractivity contribution in [1.29, 1.82) is 0 Å². The summed E-state index contributed by atoms with van der Waals surface area (Å²) < 4.78 is 2.30. The zero-order chi connectivity index (χ0) is 18.7. The molecule has 1 unspecified atom stereocenters. The Balaban J connectivity index is 1.72. The summed E-state index contributed by atoms with van der Waals surface area (Å²) in [6, 6.07) is 9.09. The highest BCUT2D eigenvalue weighted by atomic mass is 79.9. The summed E-state index contributed by atoms with van der Waals surface area (Å²) in [5.41, 5.74) is 1.47. The van der Waals surface area contributed by atoms with Gasteiger partial charge in [0.1, 0.15) is 0 Å². The first kappa shape index (κ1) is 18.3. The van der Waals surface area contributed by atoms with Crippen LogP contribution in [-0.2, 0) is 11.3 Å². The zero-order valence-corrected chi connectivity index (χ0v) is 16.2. The van der Waals surface area contributed by atoms with E-state index in [2.05, 4.69) is 25.9 Å². The third-order valence-corrected chi connectivity index (χ3v) is 4.99. The molecule has 26 heavy (non-hydrogen) atoms. The lowest BCUT2D eigenvalue weighted by atomic mass is 10.1. The number of pyridine rings is 1. The largest absolute Gasteiger partial charge is 0.339 e. The Morgan fingerprint density at radius 2 is 2.15 bits per heavy atom. The van der Waals surface area contributed by atoms with E-state index >= 15 is 0 Å². The molecule has 1 amide bonds. The SMILES string of the molecule is CC(c1cccnc1)N(C)C(=O)CCn1cnc2ccc(Br)cc2c1=O. The fourth-order valence-electron chi connectivity index (χ4n) is 2.75. The molecular weight excluding hydrogens is 396 g/mol. The maximum absolute atomic E-state index is 12.6. The Labute approximate surface area is 159 Å². The molecule has 2 heterocycles. The highest BCUT2D eigenvalue weighted by molar-refractivity contribution is 9.10. The van der Waals surface area contributed by atoms with Crippen molar-refractivity contribution >= 4 is 32.7 Å². The molecule has 2 aromatic heterocycles. The van der Waals surface area contributed by atoms with Crippen LogP contribution < -0.4 is 5.56 Å². The second-order valence-corrected chi connectivity index (χ2v) is 7.04. The minimum Gasteiger partial charge on any atom is -0.339 e. The number of carbonyl (C=O) groups is 1. The Hall–Kier alpha value is -2.54. The lowest BCUT2D eigenvalue weighted by Gasteiger charge is -2.25. The van der Waals surface area contributed by atoms with E-state index in [-0.39, 0.29) is 30.5 Å². The lowest BCUT2D eigenvalue weighted by Crippen LogP contribution is -2.31. The maximum atomic E-state index is 12.6. The van der Waals surface area contributed by atoms with Crippen LogP contribution in [0.25, 0.3) is 10.9 Å². The summed E-state index contributed by atoms with van der Waals surface area (Å²) >= 11 is 3.37. The van der Waals surface area contributed by atoms with E-state index in [1.54, 1.807) is 36.5 Å². The average molecular weight is 415 g/mol. The quantitative estimate of drug-likeness (QED) is 0.642. The number of hydrogen-bond acceptors (Lipinski definition) is 4. The van der Waals surface area contributed by atoms with Gasteiger partial charge < -0.3 is 4.90 Å². The number of rotatable bonds is 5. The molecule has 0 spiro atoms. The number of carbonyl (C=O) groups excluding carboxylic acids is 1. The second kappa shape index (κ2) is 7.78. The van der Waals surface area contributed by atoms with Gasteiger partial charge in [-0.3, -0.25) is 19.1 Å². The predicted octanol–water partition coefficient (Wildman–Crippen LogP) is 3.16. The van der Waals surface area contributed by atoms with Gasteiger partial charge in [-0.2, -0.15) is 0 Å². The van der Waals surface area contributed by atoms with Crippen molar-refractivity contribution in [3.05, 3.63) is 69.4 Å². The van der Waals surface area contributed by atoms with Gasteiger partial charge in [0.2, 0.25) is 5.91 Å². The van der Waals surface area contributed by atoms with E-state index in [9.17, 15) is 9.59 Å². The van der Waals surface area contributed by atoms with Crippen LogP contribution in [-0.4, -0.2) is 32.4 Å². The Morgan fingerprint density at radius 3 is 2.88 bits per heavy atom. The Bertz CT molecular complexity index is 988. The van der Waals surface area contributed by atoms with Crippen molar-refractivity contribution < 1.29 is 4.79 Å². The van der Waals surface area contributed by atoms with Gasteiger partial charge >= 0.3 is 0 Å². The Kier molecular flexibility index (Phi) is 5.46. The smallest absolute Gasteiger partial charge is 0.261 e.